The summed E-state index contributed by atoms with van der Waals surface area (Å²) >= 11 is 1.76. The van der Waals surface area contributed by atoms with Gasteiger partial charge in [-0.25, -0.2) is 4.98 Å². The maximum Gasteiger partial charge on any atom is 0.222 e. The van der Waals surface area contributed by atoms with E-state index in [1.807, 2.05) is 29.0 Å². The van der Waals surface area contributed by atoms with Gasteiger partial charge >= 0.3 is 0 Å². The zero-order chi connectivity index (χ0) is 16.4. The molecular formula is C17H24N4OS. The molecule has 1 fully saturated rings. The first-order chi connectivity index (χ1) is 11.0. The second-order valence-electron chi connectivity index (χ2n) is 6.37. The summed E-state index contributed by atoms with van der Waals surface area (Å²) in [6.45, 7) is 5.83. The summed E-state index contributed by atoms with van der Waals surface area (Å²) in [5, 5.41) is 5.43. The molecule has 0 saturated carbocycles. The first kappa shape index (κ1) is 16.2. The van der Waals surface area contributed by atoms with Crippen molar-refractivity contribution in [1.82, 2.24) is 19.7 Å². The quantitative estimate of drug-likeness (QED) is 0.865. The van der Waals surface area contributed by atoms with Crippen LogP contribution in [-0.4, -0.2) is 38.7 Å². The molecule has 124 valence electrons. The van der Waals surface area contributed by atoms with E-state index < -0.39 is 0 Å². The second-order valence-corrected chi connectivity index (χ2v) is 7.63. The number of hydrogen-bond donors (Lipinski definition) is 0. The molecule has 0 aliphatic carbocycles. The van der Waals surface area contributed by atoms with E-state index in [1.165, 1.54) is 15.4 Å². The molecule has 3 heterocycles. The van der Waals surface area contributed by atoms with E-state index >= 15 is 0 Å². The average molecular weight is 332 g/mol. The number of carbonyl (C=O) groups is 1. The highest BCUT2D eigenvalue weighted by molar-refractivity contribution is 7.11. The fourth-order valence-electron chi connectivity index (χ4n) is 3.16. The Balaban J connectivity index is 1.57. The normalized spacial score (nSPS) is 18.4. The summed E-state index contributed by atoms with van der Waals surface area (Å²) in [5.41, 5.74) is 2.32. The minimum atomic E-state index is 0.256. The highest BCUT2D eigenvalue weighted by Gasteiger charge is 2.26. The number of hydrogen-bond acceptors (Lipinski definition) is 4. The molecule has 0 bridgehead atoms. The number of nitrogens with zero attached hydrogens (tertiary/aromatic N) is 4. The van der Waals surface area contributed by atoms with Gasteiger partial charge in [-0.15, -0.1) is 11.3 Å². The second kappa shape index (κ2) is 6.83. The van der Waals surface area contributed by atoms with Crippen LogP contribution in [0.4, 0.5) is 0 Å². The molecule has 2 aromatic heterocycles. The van der Waals surface area contributed by atoms with E-state index in [4.69, 9.17) is 0 Å². The number of carbonyl (C=O) groups excluding carboxylic acids is 1. The Kier molecular flexibility index (Phi) is 4.80. The molecule has 2 aromatic rings. The van der Waals surface area contributed by atoms with Crippen LogP contribution >= 0.6 is 11.3 Å². The molecule has 0 N–H and O–H groups in total. The molecule has 1 saturated heterocycles. The van der Waals surface area contributed by atoms with Gasteiger partial charge < -0.3 is 4.90 Å². The minimum Gasteiger partial charge on any atom is -0.342 e. The van der Waals surface area contributed by atoms with E-state index in [2.05, 4.69) is 23.9 Å². The maximum absolute atomic E-state index is 12.6. The third-order valence-corrected chi connectivity index (χ3v) is 5.78. The van der Waals surface area contributed by atoms with Crippen LogP contribution < -0.4 is 0 Å². The van der Waals surface area contributed by atoms with Gasteiger partial charge in [0.05, 0.1) is 11.2 Å². The molecule has 5 nitrogen and oxygen atoms in total. The van der Waals surface area contributed by atoms with Crippen molar-refractivity contribution in [1.29, 1.82) is 0 Å². The predicted molar refractivity (Wildman–Crippen MR) is 91.7 cm³/mol. The molecule has 1 atom stereocenters. The molecule has 0 radical (unpaired) electrons. The molecular weight excluding hydrogens is 308 g/mol. The zero-order valence-electron chi connectivity index (χ0n) is 14.1. The number of thiazole rings is 1. The molecule has 1 aliphatic heterocycles. The van der Waals surface area contributed by atoms with Crippen molar-refractivity contribution in [3.05, 3.63) is 33.5 Å². The van der Waals surface area contributed by atoms with Crippen molar-refractivity contribution in [3.63, 3.8) is 0 Å². The molecule has 0 spiro atoms. The summed E-state index contributed by atoms with van der Waals surface area (Å²) in [4.78, 5) is 20.3. The Hall–Kier alpha value is -1.69. The van der Waals surface area contributed by atoms with Crippen LogP contribution in [0.3, 0.4) is 0 Å². The summed E-state index contributed by atoms with van der Waals surface area (Å²) in [6.07, 6.45) is 7.36. The number of piperidine rings is 1. The third kappa shape index (κ3) is 3.63. The van der Waals surface area contributed by atoms with E-state index in [9.17, 15) is 4.79 Å². The summed E-state index contributed by atoms with van der Waals surface area (Å²) < 4.78 is 1.86. The predicted octanol–water partition coefficient (Wildman–Crippen LogP) is 2.83. The van der Waals surface area contributed by atoms with Gasteiger partial charge in [0.2, 0.25) is 5.91 Å². The lowest BCUT2D eigenvalue weighted by molar-refractivity contribution is -0.132. The van der Waals surface area contributed by atoms with Gasteiger partial charge in [0.25, 0.3) is 0 Å². The molecule has 0 aromatic carbocycles. The van der Waals surface area contributed by atoms with Gasteiger partial charge in [-0.05, 0) is 38.7 Å². The SMILES string of the molecule is Cc1cnc(C2CCCN(C(=O)CCc3cnn(C)c3C)C2)s1. The smallest absolute Gasteiger partial charge is 0.222 e. The fourth-order valence-corrected chi connectivity index (χ4v) is 4.06. The number of rotatable bonds is 4. The van der Waals surface area contributed by atoms with Crippen LogP contribution in [0.15, 0.2) is 12.4 Å². The van der Waals surface area contributed by atoms with Crippen LogP contribution in [0.1, 0.15) is 46.3 Å². The summed E-state index contributed by atoms with van der Waals surface area (Å²) in [5.74, 6) is 0.665. The topological polar surface area (TPSA) is 51.0 Å². The molecule has 6 heteroatoms. The van der Waals surface area contributed by atoms with Crippen LogP contribution in [-0.2, 0) is 18.3 Å². The van der Waals surface area contributed by atoms with E-state index in [-0.39, 0.29) is 5.91 Å². The maximum atomic E-state index is 12.6. The van der Waals surface area contributed by atoms with Crippen molar-refractivity contribution in [2.75, 3.05) is 13.1 Å². The number of likely N-dealkylation sites (tertiary alicyclic amines) is 1. The number of amides is 1. The molecule has 1 aliphatic rings. The van der Waals surface area contributed by atoms with Crippen molar-refractivity contribution in [2.45, 2.75) is 45.4 Å². The zero-order valence-corrected chi connectivity index (χ0v) is 14.9. The fraction of sp³-hybridized carbons (Fsp3) is 0.588. The van der Waals surface area contributed by atoms with Crippen molar-refractivity contribution in [2.24, 2.45) is 7.05 Å². The van der Waals surface area contributed by atoms with Crippen molar-refractivity contribution < 1.29 is 4.79 Å². The van der Waals surface area contributed by atoms with Gasteiger partial charge in [-0.1, -0.05) is 0 Å². The van der Waals surface area contributed by atoms with Crippen LogP contribution in [0, 0.1) is 13.8 Å². The highest BCUT2D eigenvalue weighted by Crippen LogP contribution is 2.30. The largest absolute Gasteiger partial charge is 0.342 e. The minimum absolute atomic E-state index is 0.256. The Morgan fingerprint density at radius 1 is 1.39 bits per heavy atom. The lowest BCUT2D eigenvalue weighted by atomic mass is 9.98. The van der Waals surface area contributed by atoms with Crippen molar-refractivity contribution in [3.8, 4) is 0 Å². The Morgan fingerprint density at radius 3 is 2.87 bits per heavy atom. The Bertz CT molecular complexity index is 691. The van der Waals surface area contributed by atoms with E-state index in [1.54, 1.807) is 11.3 Å². The van der Waals surface area contributed by atoms with Gasteiger partial charge in [0.1, 0.15) is 0 Å². The third-order valence-electron chi connectivity index (χ3n) is 4.71. The first-order valence-electron chi connectivity index (χ1n) is 8.22. The first-order valence-corrected chi connectivity index (χ1v) is 9.04. The number of aromatic nitrogens is 3. The molecule has 3 rings (SSSR count). The summed E-state index contributed by atoms with van der Waals surface area (Å²) in [7, 11) is 1.94. The van der Waals surface area contributed by atoms with Gasteiger partial charge in [-0.3, -0.25) is 9.48 Å². The van der Waals surface area contributed by atoms with Crippen LogP contribution in [0.2, 0.25) is 0 Å². The lowest BCUT2D eigenvalue weighted by Gasteiger charge is -2.32. The van der Waals surface area contributed by atoms with Crippen LogP contribution in [0.5, 0.6) is 0 Å². The van der Waals surface area contributed by atoms with E-state index in [0.717, 1.165) is 38.0 Å². The van der Waals surface area contributed by atoms with Gasteiger partial charge in [0.15, 0.2) is 0 Å². The van der Waals surface area contributed by atoms with E-state index in [0.29, 0.717) is 12.3 Å². The molecule has 23 heavy (non-hydrogen) atoms. The van der Waals surface area contributed by atoms with Crippen molar-refractivity contribution >= 4 is 17.2 Å². The molecule has 1 amide bonds. The Morgan fingerprint density at radius 2 is 2.22 bits per heavy atom. The van der Waals surface area contributed by atoms with Gasteiger partial charge in [0, 0.05) is 49.2 Å². The Labute approximate surface area is 141 Å². The monoisotopic (exact) mass is 332 g/mol. The average Bonchev–Trinajstić information content (AvgIpc) is 3.13. The van der Waals surface area contributed by atoms with Crippen LogP contribution in [0.25, 0.3) is 0 Å². The molecule has 1 unspecified atom stereocenters. The van der Waals surface area contributed by atoms with Gasteiger partial charge in [-0.2, -0.15) is 5.10 Å². The summed E-state index contributed by atoms with van der Waals surface area (Å²) in [6, 6.07) is 0. The number of aryl methyl sites for hydroxylation is 3. The standard InChI is InChI=1S/C17H24N4OS/c1-12-9-18-17(23-12)15-5-4-8-21(11-15)16(22)7-6-14-10-19-20(3)13(14)2/h9-10,15H,4-8,11H2,1-3H3. The lowest BCUT2D eigenvalue weighted by Crippen LogP contribution is -2.39. The highest BCUT2D eigenvalue weighted by atomic mass is 32.1.